The molecule has 1 aliphatic carbocycles. The van der Waals surface area contributed by atoms with Crippen molar-refractivity contribution in [2.45, 2.75) is 32.1 Å². The van der Waals surface area contributed by atoms with Crippen LogP contribution in [0.25, 0.3) is 0 Å². The van der Waals surface area contributed by atoms with E-state index in [1.165, 1.54) is 32.1 Å². The third-order valence-electron chi connectivity index (χ3n) is 3.92. The Morgan fingerprint density at radius 1 is 1.16 bits per heavy atom. The topological polar surface area (TPSA) is 32.3 Å². The Bertz CT molecular complexity index is 405. The van der Waals surface area contributed by atoms with Gasteiger partial charge in [0.25, 0.3) is 5.91 Å². The Labute approximate surface area is 116 Å². The van der Waals surface area contributed by atoms with Gasteiger partial charge in [0, 0.05) is 31.9 Å². The summed E-state index contributed by atoms with van der Waals surface area (Å²) in [6, 6.07) is 7.75. The van der Waals surface area contributed by atoms with Crippen molar-refractivity contribution >= 4 is 11.6 Å². The molecule has 1 aromatic carbocycles. The van der Waals surface area contributed by atoms with Crippen molar-refractivity contribution in [2.24, 2.45) is 5.92 Å². The number of anilines is 1. The van der Waals surface area contributed by atoms with Crippen LogP contribution in [0, 0.1) is 5.92 Å². The van der Waals surface area contributed by atoms with Gasteiger partial charge in [0.1, 0.15) is 0 Å². The first-order valence-corrected chi connectivity index (χ1v) is 7.22. The number of carbonyl (C=O) groups excluding carboxylic acids is 1. The van der Waals surface area contributed by atoms with Crippen LogP contribution >= 0.6 is 0 Å². The summed E-state index contributed by atoms with van der Waals surface area (Å²) in [5, 5.41) is 3.06. The normalized spacial score (nSPS) is 16.1. The van der Waals surface area contributed by atoms with Crippen molar-refractivity contribution in [3.8, 4) is 0 Å². The van der Waals surface area contributed by atoms with Crippen LogP contribution in [-0.2, 0) is 0 Å². The SMILES string of the molecule is CN(C)c1ccc(C(=O)NCC2CCCCC2)cc1. The first-order chi connectivity index (χ1) is 9.16. The summed E-state index contributed by atoms with van der Waals surface area (Å²) >= 11 is 0. The summed E-state index contributed by atoms with van der Waals surface area (Å²) in [7, 11) is 4.00. The van der Waals surface area contributed by atoms with Crippen LogP contribution in [0.3, 0.4) is 0 Å². The number of nitrogens with one attached hydrogen (secondary N) is 1. The lowest BCUT2D eigenvalue weighted by Crippen LogP contribution is -2.30. The number of rotatable bonds is 4. The largest absolute Gasteiger partial charge is 0.378 e. The van der Waals surface area contributed by atoms with Gasteiger partial charge in [0.2, 0.25) is 0 Å². The molecule has 0 unspecified atom stereocenters. The maximum absolute atomic E-state index is 12.0. The lowest BCUT2D eigenvalue weighted by Gasteiger charge is -2.21. The molecule has 0 bridgehead atoms. The zero-order valence-corrected chi connectivity index (χ0v) is 12.0. The van der Waals surface area contributed by atoms with Crippen molar-refractivity contribution in [3.63, 3.8) is 0 Å². The molecular weight excluding hydrogens is 236 g/mol. The second-order valence-electron chi connectivity index (χ2n) is 5.66. The van der Waals surface area contributed by atoms with Crippen LogP contribution in [0.2, 0.25) is 0 Å². The van der Waals surface area contributed by atoms with Gasteiger partial charge in [-0.1, -0.05) is 19.3 Å². The van der Waals surface area contributed by atoms with Crippen molar-refractivity contribution in [3.05, 3.63) is 29.8 Å². The van der Waals surface area contributed by atoms with Gasteiger partial charge in [-0.15, -0.1) is 0 Å². The fourth-order valence-electron chi connectivity index (χ4n) is 2.64. The molecule has 0 heterocycles. The molecule has 1 N–H and O–H groups in total. The van der Waals surface area contributed by atoms with Gasteiger partial charge in [0.05, 0.1) is 0 Å². The van der Waals surface area contributed by atoms with Crippen molar-refractivity contribution < 1.29 is 4.79 Å². The highest BCUT2D eigenvalue weighted by Gasteiger charge is 2.14. The molecule has 1 fully saturated rings. The van der Waals surface area contributed by atoms with Crippen LogP contribution < -0.4 is 10.2 Å². The van der Waals surface area contributed by atoms with Gasteiger partial charge in [-0.25, -0.2) is 0 Å². The Hall–Kier alpha value is -1.51. The first kappa shape index (κ1) is 13.9. The minimum Gasteiger partial charge on any atom is -0.378 e. The molecule has 0 radical (unpaired) electrons. The molecule has 0 aliphatic heterocycles. The van der Waals surface area contributed by atoms with E-state index in [4.69, 9.17) is 0 Å². The number of hydrogen-bond acceptors (Lipinski definition) is 2. The molecule has 3 heteroatoms. The van der Waals surface area contributed by atoms with Gasteiger partial charge >= 0.3 is 0 Å². The molecule has 0 aromatic heterocycles. The minimum atomic E-state index is 0.0517. The van der Waals surface area contributed by atoms with E-state index in [0.717, 1.165) is 17.8 Å². The zero-order valence-electron chi connectivity index (χ0n) is 12.0. The van der Waals surface area contributed by atoms with E-state index < -0.39 is 0 Å². The maximum Gasteiger partial charge on any atom is 0.251 e. The lowest BCUT2D eigenvalue weighted by molar-refractivity contribution is 0.0943. The second kappa shape index (κ2) is 6.60. The molecule has 1 saturated carbocycles. The van der Waals surface area contributed by atoms with Gasteiger partial charge in [0.15, 0.2) is 0 Å². The fourth-order valence-corrected chi connectivity index (χ4v) is 2.64. The van der Waals surface area contributed by atoms with Crippen molar-refractivity contribution in [1.82, 2.24) is 5.32 Å². The summed E-state index contributed by atoms with van der Waals surface area (Å²) in [5.74, 6) is 0.731. The first-order valence-electron chi connectivity index (χ1n) is 7.22. The second-order valence-corrected chi connectivity index (χ2v) is 5.66. The Balaban J connectivity index is 1.85. The van der Waals surface area contributed by atoms with E-state index in [1.807, 2.05) is 43.3 Å². The highest BCUT2D eigenvalue weighted by atomic mass is 16.1. The number of benzene rings is 1. The van der Waals surface area contributed by atoms with E-state index >= 15 is 0 Å². The standard InChI is InChI=1S/C16H24N2O/c1-18(2)15-10-8-14(9-11-15)16(19)17-12-13-6-4-3-5-7-13/h8-11,13H,3-7,12H2,1-2H3,(H,17,19). The Morgan fingerprint density at radius 3 is 2.37 bits per heavy atom. The molecule has 1 aromatic rings. The number of amides is 1. The number of carbonyl (C=O) groups is 1. The molecule has 1 aliphatic rings. The predicted octanol–water partition coefficient (Wildman–Crippen LogP) is 3.06. The molecule has 1 amide bonds. The van der Waals surface area contributed by atoms with E-state index in [9.17, 15) is 4.79 Å². The van der Waals surface area contributed by atoms with Crippen LogP contribution in [0.5, 0.6) is 0 Å². The average Bonchev–Trinajstić information content (AvgIpc) is 2.46. The highest BCUT2D eigenvalue weighted by molar-refractivity contribution is 5.94. The molecule has 0 atom stereocenters. The average molecular weight is 260 g/mol. The summed E-state index contributed by atoms with van der Waals surface area (Å²) in [5.41, 5.74) is 1.87. The fraction of sp³-hybridized carbons (Fsp3) is 0.562. The minimum absolute atomic E-state index is 0.0517. The monoisotopic (exact) mass is 260 g/mol. The van der Waals surface area contributed by atoms with Gasteiger partial charge in [-0.05, 0) is 43.0 Å². The molecular formula is C16H24N2O. The zero-order chi connectivity index (χ0) is 13.7. The summed E-state index contributed by atoms with van der Waals surface area (Å²) in [6.07, 6.45) is 6.52. The third-order valence-corrected chi connectivity index (χ3v) is 3.92. The quantitative estimate of drug-likeness (QED) is 0.902. The maximum atomic E-state index is 12.0. The van der Waals surface area contributed by atoms with Gasteiger partial charge in [-0.2, -0.15) is 0 Å². The lowest BCUT2D eigenvalue weighted by atomic mass is 9.89. The van der Waals surface area contributed by atoms with Crippen molar-refractivity contribution in [1.29, 1.82) is 0 Å². The number of nitrogens with zero attached hydrogens (tertiary/aromatic N) is 1. The van der Waals surface area contributed by atoms with E-state index in [-0.39, 0.29) is 5.91 Å². The molecule has 3 nitrogen and oxygen atoms in total. The molecule has 2 rings (SSSR count). The van der Waals surface area contributed by atoms with Crippen molar-refractivity contribution in [2.75, 3.05) is 25.5 Å². The molecule has 19 heavy (non-hydrogen) atoms. The van der Waals surface area contributed by atoms with Crippen LogP contribution in [-0.4, -0.2) is 26.5 Å². The van der Waals surface area contributed by atoms with Gasteiger partial charge in [-0.3, -0.25) is 4.79 Å². The Morgan fingerprint density at radius 2 is 1.79 bits per heavy atom. The predicted molar refractivity (Wildman–Crippen MR) is 79.7 cm³/mol. The van der Waals surface area contributed by atoms with Gasteiger partial charge < -0.3 is 10.2 Å². The number of hydrogen-bond donors (Lipinski definition) is 1. The van der Waals surface area contributed by atoms with E-state index in [1.54, 1.807) is 0 Å². The van der Waals surface area contributed by atoms with Crippen LogP contribution in [0.15, 0.2) is 24.3 Å². The van der Waals surface area contributed by atoms with Crippen LogP contribution in [0.4, 0.5) is 5.69 Å². The van der Waals surface area contributed by atoms with Crippen LogP contribution in [0.1, 0.15) is 42.5 Å². The summed E-state index contributed by atoms with van der Waals surface area (Å²) < 4.78 is 0. The Kier molecular flexibility index (Phi) is 4.83. The third kappa shape index (κ3) is 3.98. The smallest absolute Gasteiger partial charge is 0.251 e. The summed E-state index contributed by atoms with van der Waals surface area (Å²) in [6.45, 7) is 0.828. The molecule has 104 valence electrons. The highest BCUT2D eigenvalue weighted by Crippen LogP contribution is 2.22. The summed E-state index contributed by atoms with van der Waals surface area (Å²) in [4.78, 5) is 14.1. The molecule has 0 spiro atoms. The van der Waals surface area contributed by atoms with E-state index in [2.05, 4.69) is 5.32 Å². The molecule has 0 saturated heterocycles. The van der Waals surface area contributed by atoms with E-state index in [0.29, 0.717) is 5.92 Å².